The van der Waals surface area contributed by atoms with Crippen LogP contribution in [0.25, 0.3) is 0 Å². The molecule has 0 aliphatic carbocycles. The highest BCUT2D eigenvalue weighted by Crippen LogP contribution is 2.31. The summed E-state index contributed by atoms with van der Waals surface area (Å²) >= 11 is 0. The summed E-state index contributed by atoms with van der Waals surface area (Å²) in [7, 11) is 2.13. The Labute approximate surface area is 102 Å². The molecule has 1 heterocycles. The molecule has 0 saturated carbocycles. The van der Waals surface area contributed by atoms with Crippen LogP contribution in [0.1, 0.15) is 6.92 Å². The van der Waals surface area contributed by atoms with Gasteiger partial charge in [0, 0.05) is 37.9 Å². The third-order valence-corrected chi connectivity index (χ3v) is 3.11. The molecule has 0 bridgehead atoms. The highest BCUT2D eigenvalue weighted by molar-refractivity contribution is 5.56. The SMILES string of the molecule is CCOc1ccc(N2CCN(C)CC2)cc1O. The van der Waals surface area contributed by atoms with Crippen LogP contribution in [0.15, 0.2) is 18.2 Å². The number of phenols is 1. The fraction of sp³-hybridized carbons (Fsp3) is 0.538. The summed E-state index contributed by atoms with van der Waals surface area (Å²) in [6, 6.07) is 5.64. The lowest BCUT2D eigenvalue weighted by molar-refractivity contribution is 0.311. The lowest BCUT2D eigenvalue weighted by atomic mass is 10.2. The number of nitrogens with zero attached hydrogens (tertiary/aromatic N) is 2. The Morgan fingerprint density at radius 2 is 1.94 bits per heavy atom. The van der Waals surface area contributed by atoms with Gasteiger partial charge >= 0.3 is 0 Å². The van der Waals surface area contributed by atoms with Crippen LogP contribution in [0.4, 0.5) is 5.69 Å². The zero-order valence-electron chi connectivity index (χ0n) is 10.5. The number of hydrogen-bond donors (Lipinski definition) is 1. The first-order chi connectivity index (χ1) is 8.20. The fourth-order valence-electron chi connectivity index (χ4n) is 2.04. The van der Waals surface area contributed by atoms with Crippen LogP contribution < -0.4 is 9.64 Å². The van der Waals surface area contributed by atoms with Gasteiger partial charge in [-0.1, -0.05) is 0 Å². The number of anilines is 1. The zero-order chi connectivity index (χ0) is 12.3. The lowest BCUT2D eigenvalue weighted by Gasteiger charge is -2.34. The standard InChI is InChI=1S/C13H20N2O2/c1-3-17-13-5-4-11(10-12(13)16)15-8-6-14(2)7-9-15/h4-5,10,16H,3,6-9H2,1-2H3. The van der Waals surface area contributed by atoms with Crippen LogP contribution in [-0.4, -0.2) is 49.8 Å². The molecule has 17 heavy (non-hydrogen) atoms. The number of rotatable bonds is 3. The molecule has 0 spiro atoms. The van der Waals surface area contributed by atoms with Crippen molar-refractivity contribution in [2.24, 2.45) is 0 Å². The van der Waals surface area contributed by atoms with E-state index in [9.17, 15) is 5.11 Å². The summed E-state index contributed by atoms with van der Waals surface area (Å²) in [6.45, 7) is 6.62. The van der Waals surface area contributed by atoms with Crippen molar-refractivity contribution in [3.8, 4) is 11.5 Å². The third-order valence-electron chi connectivity index (χ3n) is 3.11. The highest BCUT2D eigenvalue weighted by atomic mass is 16.5. The number of phenolic OH excluding ortho intramolecular Hbond substituents is 1. The molecule has 94 valence electrons. The van der Waals surface area contributed by atoms with Crippen LogP contribution in [-0.2, 0) is 0 Å². The van der Waals surface area contributed by atoms with E-state index < -0.39 is 0 Å². The van der Waals surface area contributed by atoms with Crippen molar-refractivity contribution in [1.82, 2.24) is 4.90 Å². The number of aromatic hydroxyl groups is 1. The molecule has 1 saturated heterocycles. The van der Waals surface area contributed by atoms with Gasteiger partial charge in [0.05, 0.1) is 6.61 Å². The number of benzene rings is 1. The molecule has 0 radical (unpaired) electrons. The van der Waals surface area contributed by atoms with Gasteiger partial charge in [-0.05, 0) is 26.1 Å². The summed E-state index contributed by atoms with van der Waals surface area (Å²) in [5.74, 6) is 0.786. The summed E-state index contributed by atoms with van der Waals surface area (Å²) < 4.78 is 5.32. The maximum atomic E-state index is 9.84. The molecule has 0 atom stereocenters. The molecule has 1 aromatic carbocycles. The van der Waals surface area contributed by atoms with Gasteiger partial charge in [0.25, 0.3) is 0 Å². The van der Waals surface area contributed by atoms with Gasteiger partial charge < -0.3 is 19.6 Å². The first kappa shape index (κ1) is 12.0. The minimum absolute atomic E-state index is 0.225. The van der Waals surface area contributed by atoms with Crippen LogP contribution in [0, 0.1) is 0 Å². The van der Waals surface area contributed by atoms with Gasteiger partial charge in [-0.2, -0.15) is 0 Å². The molecule has 1 aliphatic heterocycles. The smallest absolute Gasteiger partial charge is 0.161 e. The van der Waals surface area contributed by atoms with Crippen molar-refractivity contribution in [3.63, 3.8) is 0 Å². The summed E-state index contributed by atoms with van der Waals surface area (Å²) in [6.07, 6.45) is 0. The average molecular weight is 236 g/mol. The van der Waals surface area contributed by atoms with E-state index in [1.54, 1.807) is 6.07 Å². The molecule has 1 aliphatic rings. The van der Waals surface area contributed by atoms with Crippen LogP contribution in [0.2, 0.25) is 0 Å². The number of ether oxygens (including phenoxy) is 1. The van der Waals surface area contributed by atoms with Crippen molar-refractivity contribution in [3.05, 3.63) is 18.2 Å². The van der Waals surface area contributed by atoms with Crippen molar-refractivity contribution in [2.45, 2.75) is 6.92 Å². The molecule has 1 aromatic rings. The first-order valence-electron chi connectivity index (χ1n) is 6.10. The molecule has 1 N–H and O–H groups in total. The summed E-state index contributed by atoms with van der Waals surface area (Å²) in [4.78, 5) is 4.60. The monoisotopic (exact) mass is 236 g/mol. The maximum absolute atomic E-state index is 9.84. The molecule has 0 aromatic heterocycles. The van der Waals surface area contributed by atoms with Crippen LogP contribution in [0.3, 0.4) is 0 Å². The second kappa shape index (κ2) is 5.27. The molecule has 0 amide bonds. The quantitative estimate of drug-likeness (QED) is 0.863. The Morgan fingerprint density at radius 1 is 1.24 bits per heavy atom. The molecule has 0 unspecified atom stereocenters. The Bertz CT molecular complexity index is 374. The second-order valence-electron chi connectivity index (χ2n) is 4.38. The van der Waals surface area contributed by atoms with E-state index in [4.69, 9.17) is 4.74 Å². The predicted molar refractivity (Wildman–Crippen MR) is 69.0 cm³/mol. The zero-order valence-corrected chi connectivity index (χ0v) is 10.5. The summed E-state index contributed by atoms with van der Waals surface area (Å²) in [5, 5.41) is 9.84. The van der Waals surface area contributed by atoms with E-state index in [0.717, 1.165) is 31.9 Å². The Kier molecular flexibility index (Phi) is 3.74. The normalized spacial score (nSPS) is 17.2. The summed E-state index contributed by atoms with van der Waals surface area (Å²) in [5.41, 5.74) is 1.07. The van der Waals surface area contributed by atoms with Gasteiger partial charge in [-0.15, -0.1) is 0 Å². The van der Waals surface area contributed by atoms with Crippen molar-refractivity contribution >= 4 is 5.69 Å². The van der Waals surface area contributed by atoms with Gasteiger partial charge in [0.2, 0.25) is 0 Å². The second-order valence-corrected chi connectivity index (χ2v) is 4.38. The van der Waals surface area contributed by atoms with Crippen LogP contribution in [0.5, 0.6) is 11.5 Å². The van der Waals surface area contributed by atoms with E-state index in [2.05, 4.69) is 16.8 Å². The van der Waals surface area contributed by atoms with E-state index in [1.165, 1.54) is 0 Å². The number of likely N-dealkylation sites (N-methyl/N-ethyl adjacent to an activating group) is 1. The van der Waals surface area contributed by atoms with E-state index >= 15 is 0 Å². The van der Waals surface area contributed by atoms with Crippen molar-refractivity contribution in [2.75, 3.05) is 44.7 Å². The average Bonchev–Trinajstić information content (AvgIpc) is 2.33. The minimum Gasteiger partial charge on any atom is -0.504 e. The lowest BCUT2D eigenvalue weighted by Crippen LogP contribution is -2.44. The van der Waals surface area contributed by atoms with Crippen LogP contribution >= 0.6 is 0 Å². The number of piperazine rings is 1. The third kappa shape index (κ3) is 2.82. The molecule has 2 rings (SSSR count). The topological polar surface area (TPSA) is 35.9 Å². The van der Waals surface area contributed by atoms with Crippen molar-refractivity contribution < 1.29 is 9.84 Å². The number of hydrogen-bond acceptors (Lipinski definition) is 4. The van der Waals surface area contributed by atoms with E-state index in [1.807, 2.05) is 19.1 Å². The molecule has 4 heteroatoms. The molecular weight excluding hydrogens is 216 g/mol. The maximum Gasteiger partial charge on any atom is 0.161 e. The Balaban J connectivity index is 2.09. The minimum atomic E-state index is 0.225. The van der Waals surface area contributed by atoms with Gasteiger partial charge in [0.15, 0.2) is 11.5 Å². The fourth-order valence-corrected chi connectivity index (χ4v) is 2.04. The van der Waals surface area contributed by atoms with Gasteiger partial charge in [0.1, 0.15) is 0 Å². The Hall–Kier alpha value is -1.42. The first-order valence-corrected chi connectivity index (χ1v) is 6.10. The molecule has 1 fully saturated rings. The Morgan fingerprint density at radius 3 is 2.53 bits per heavy atom. The van der Waals surface area contributed by atoms with Gasteiger partial charge in [-0.25, -0.2) is 0 Å². The van der Waals surface area contributed by atoms with E-state index in [-0.39, 0.29) is 5.75 Å². The molecule has 4 nitrogen and oxygen atoms in total. The largest absolute Gasteiger partial charge is 0.504 e. The van der Waals surface area contributed by atoms with Crippen molar-refractivity contribution in [1.29, 1.82) is 0 Å². The van der Waals surface area contributed by atoms with E-state index in [0.29, 0.717) is 12.4 Å². The highest BCUT2D eigenvalue weighted by Gasteiger charge is 2.15. The van der Waals surface area contributed by atoms with Gasteiger partial charge in [-0.3, -0.25) is 0 Å². The predicted octanol–water partition coefficient (Wildman–Crippen LogP) is 1.54. The molecular formula is C13H20N2O2.